The summed E-state index contributed by atoms with van der Waals surface area (Å²) >= 11 is 0. The fourth-order valence-corrected chi connectivity index (χ4v) is 1.60. The molecule has 0 aromatic rings. The Morgan fingerprint density at radius 3 is 1.95 bits per heavy atom. The molecule has 5 N–H and O–H groups in total. The first-order valence-electron chi connectivity index (χ1n) is 7.59. The van der Waals surface area contributed by atoms with Gasteiger partial charge in [0.2, 0.25) is 0 Å². The number of ketones is 1. The second kappa shape index (κ2) is 15.1. The number of rotatable bonds is 11. The van der Waals surface area contributed by atoms with E-state index in [0.29, 0.717) is 5.78 Å². The first-order valence-corrected chi connectivity index (χ1v) is 7.59. The molecule has 0 bridgehead atoms. The monoisotopic (exact) mass is 322 g/mol. The Labute approximate surface area is 131 Å². The number of aliphatic hydroxyl groups excluding tert-OH is 5. The lowest BCUT2D eigenvalue weighted by Crippen LogP contribution is -2.46. The minimum Gasteiger partial charge on any atom is -0.394 e. The zero-order chi connectivity index (χ0) is 17.5. The van der Waals surface area contributed by atoms with Crippen LogP contribution >= 0.6 is 0 Å². The smallest absolute Gasteiger partial charge is 0.151 e. The molecule has 4 unspecified atom stereocenters. The maximum absolute atomic E-state index is 10.5. The zero-order valence-electron chi connectivity index (χ0n) is 13.4. The molecule has 132 valence electrons. The summed E-state index contributed by atoms with van der Waals surface area (Å²) in [6, 6.07) is 0. The summed E-state index contributed by atoms with van der Waals surface area (Å²) in [5.74, 6) is 0.330. The first kappa shape index (κ1) is 23.4. The van der Waals surface area contributed by atoms with Crippen molar-refractivity contribution < 1.29 is 35.1 Å². The van der Waals surface area contributed by atoms with Crippen LogP contribution in [0.1, 0.15) is 52.4 Å². The number of carbonyl (C=O) groups excluding carboxylic acids is 2. The summed E-state index contributed by atoms with van der Waals surface area (Å²) in [5, 5.41) is 43.5. The van der Waals surface area contributed by atoms with Gasteiger partial charge in [-0.15, -0.1) is 0 Å². The van der Waals surface area contributed by atoms with Crippen molar-refractivity contribution in [2.24, 2.45) is 0 Å². The number of Topliss-reactive ketones (excluding diaryl/α,β-unsaturated/α-hetero) is 1. The quantitative estimate of drug-likeness (QED) is 0.257. The van der Waals surface area contributed by atoms with Crippen LogP contribution in [0.4, 0.5) is 0 Å². The van der Waals surface area contributed by atoms with Gasteiger partial charge in [-0.25, -0.2) is 0 Å². The van der Waals surface area contributed by atoms with Gasteiger partial charge in [0, 0.05) is 6.42 Å². The second-order valence-electron chi connectivity index (χ2n) is 5.22. The lowest BCUT2D eigenvalue weighted by Gasteiger charge is -2.22. The van der Waals surface area contributed by atoms with Gasteiger partial charge in [0.1, 0.15) is 30.2 Å². The molecule has 0 spiro atoms. The number of aliphatic hydroxyl groups is 5. The fraction of sp³-hybridized carbons (Fsp3) is 0.867. The van der Waals surface area contributed by atoms with Gasteiger partial charge in [0.15, 0.2) is 6.29 Å². The van der Waals surface area contributed by atoms with Gasteiger partial charge in [-0.3, -0.25) is 0 Å². The van der Waals surface area contributed by atoms with E-state index in [-0.39, 0.29) is 6.29 Å². The molecule has 0 rings (SSSR count). The van der Waals surface area contributed by atoms with E-state index in [1.54, 1.807) is 6.92 Å². The largest absolute Gasteiger partial charge is 0.394 e. The molecule has 7 heteroatoms. The molecule has 0 saturated heterocycles. The van der Waals surface area contributed by atoms with Gasteiger partial charge in [-0.2, -0.15) is 0 Å². The van der Waals surface area contributed by atoms with Crippen molar-refractivity contribution in [2.45, 2.75) is 76.8 Å². The van der Waals surface area contributed by atoms with E-state index in [0.717, 1.165) is 12.8 Å². The predicted molar refractivity (Wildman–Crippen MR) is 81.2 cm³/mol. The summed E-state index contributed by atoms with van der Waals surface area (Å²) in [6.07, 6.45) is 0.155. The van der Waals surface area contributed by atoms with Gasteiger partial charge in [-0.1, -0.05) is 32.6 Å². The van der Waals surface area contributed by atoms with Crippen molar-refractivity contribution in [3.63, 3.8) is 0 Å². The van der Waals surface area contributed by atoms with Crippen LogP contribution in [0.15, 0.2) is 0 Å². The Hall–Kier alpha value is -0.860. The number of hydrogen-bond donors (Lipinski definition) is 5. The van der Waals surface area contributed by atoms with Crippen molar-refractivity contribution in [3.05, 3.63) is 0 Å². The van der Waals surface area contributed by atoms with Gasteiger partial charge in [0.05, 0.1) is 6.61 Å². The Balaban J connectivity index is 0. The average Bonchev–Trinajstić information content (AvgIpc) is 2.51. The van der Waals surface area contributed by atoms with Crippen LogP contribution in [-0.4, -0.2) is 68.6 Å². The van der Waals surface area contributed by atoms with Gasteiger partial charge in [0.25, 0.3) is 0 Å². The fourth-order valence-electron chi connectivity index (χ4n) is 1.60. The lowest BCUT2D eigenvalue weighted by molar-refractivity contribution is -0.136. The Kier molecular flexibility index (Phi) is 16.0. The third kappa shape index (κ3) is 12.8. The highest BCUT2D eigenvalue weighted by molar-refractivity contribution is 5.75. The molecule has 0 amide bonds. The molecule has 0 aliphatic heterocycles. The Bertz CT molecular complexity index is 283. The third-order valence-corrected chi connectivity index (χ3v) is 3.05. The van der Waals surface area contributed by atoms with Crippen LogP contribution in [0.2, 0.25) is 0 Å². The summed E-state index contributed by atoms with van der Waals surface area (Å²) in [4.78, 5) is 20.4. The molecule has 0 saturated carbocycles. The molecular weight excluding hydrogens is 292 g/mol. The average molecular weight is 322 g/mol. The number of unbranched alkanes of at least 4 members (excludes halogenated alkanes) is 4. The van der Waals surface area contributed by atoms with Crippen LogP contribution in [0.5, 0.6) is 0 Å². The summed E-state index contributed by atoms with van der Waals surface area (Å²) in [7, 11) is 0. The second-order valence-corrected chi connectivity index (χ2v) is 5.22. The minimum absolute atomic E-state index is 0.0258. The van der Waals surface area contributed by atoms with Gasteiger partial charge >= 0.3 is 0 Å². The lowest BCUT2D eigenvalue weighted by atomic mass is 10.0. The third-order valence-electron chi connectivity index (χ3n) is 3.05. The Morgan fingerprint density at radius 2 is 1.55 bits per heavy atom. The highest BCUT2D eigenvalue weighted by atomic mass is 16.4. The predicted octanol–water partition coefficient (Wildman–Crippen LogP) is -0.443. The molecule has 0 aromatic carbocycles. The van der Waals surface area contributed by atoms with Crippen molar-refractivity contribution in [2.75, 3.05) is 6.61 Å². The highest BCUT2D eigenvalue weighted by Gasteiger charge is 2.29. The van der Waals surface area contributed by atoms with E-state index in [1.165, 1.54) is 25.7 Å². The molecule has 0 heterocycles. The zero-order valence-corrected chi connectivity index (χ0v) is 13.4. The normalized spacial score (nSPS) is 16.0. The van der Waals surface area contributed by atoms with Gasteiger partial charge < -0.3 is 35.1 Å². The van der Waals surface area contributed by atoms with Crippen molar-refractivity contribution in [3.8, 4) is 0 Å². The van der Waals surface area contributed by atoms with Crippen LogP contribution in [0, 0.1) is 0 Å². The van der Waals surface area contributed by atoms with E-state index >= 15 is 0 Å². The number of hydrogen-bond acceptors (Lipinski definition) is 7. The number of aldehydes is 1. The first-order chi connectivity index (χ1) is 10.3. The standard InChI is InChI=1S/C9H18O.C6H12O6/c1-3-4-5-6-7-8-9(2)10;7-1-3(9)5(11)6(12)4(10)2-8/h3-8H2,1-2H3;1,3-6,8-12H,2H2. The molecule has 7 nitrogen and oxygen atoms in total. The van der Waals surface area contributed by atoms with E-state index in [2.05, 4.69) is 6.92 Å². The molecule has 4 atom stereocenters. The molecule has 0 aliphatic rings. The van der Waals surface area contributed by atoms with Crippen molar-refractivity contribution in [1.82, 2.24) is 0 Å². The van der Waals surface area contributed by atoms with E-state index < -0.39 is 31.0 Å². The number of carbonyl (C=O) groups is 2. The molecule has 0 fully saturated rings. The summed E-state index contributed by atoms with van der Waals surface area (Å²) < 4.78 is 0. The summed E-state index contributed by atoms with van der Waals surface area (Å²) in [6.45, 7) is 3.11. The van der Waals surface area contributed by atoms with E-state index in [9.17, 15) is 9.59 Å². The molecule has 22 heavy (non-hydrogen) atoms. The Morgan fingerprint density at radius 1 is 1.00 bits per heavy atom. The maximum atomic E-state index is 10.5. The maximum Gasteiger partial charge on any atom is 0.151 e. The van der Waals surface area contributed by atoms with Crippen LogP contribution < -0.4 is 0 Å². The minimum atomic E-state index is -1.79. The molecule has 0 aliphatic carbocycles. The van der Waals surface area contributed by atoms with Gasteiger partial charge in [-0.05, 0) is 13.3 Å². The van der Waals surface area contributed by atoms with Crippen LogP contribution in [-0.2, 0) is 9.59 Å². The molecule has 0 aromatic heterocycles. The van der Waals surface area contributed by atoms with E-state index in [1.807, 2.05) is 0 Å². The van der Waals surface area contributed by atoms with Crippen LogP contribution in [0.25, 0.3) is 0 Å². The van der Waals surface area contributed by atoms with Crippen LogP contribution in [0.3, 0.4) is 0 Å². The SMILES string of the molecule is CCCCCCCC(C)=O.O=CC(O)C(O)C(O)C(O)CO. The van der Waals surface area contributed by atoms with Crippen molar-refractivity contribution >= 4 is 12.1 Å². The molecule has 0 radical (unpaired) electrons. The molecular formula is C15H30O7. The summed E-state index contributed by atoms with van der Waals surface area (Å²) in [5.41, 5.74) is 0. The highest BCUT2D eigenvalue weighted by Crippen LogP contribution is 2.04. The topological polar surface area (TPSA) is 135 Å². The van der Waals surface area contributed by atoms with E-state index in [4.69, 9.17) is 25.5 Å². The van der Waals surface area contributed by atoms with Crippen molar-refractivity contribution in [1.29, 1.82) is 0 Å².